The van der Waals surface area contributed by atoms with Crippen LogP contribution in [0.1, 0.15) is 48.3 Å². The fourth-order valence-electron chi connectivity index (χ4n) is 5.72. The summed E-state index contributed by atoms with van der Waals surface area (Å²) in [5.41, 5.74) is 9.71. The fourth-order valence-corrected chi connectivity index (χ4v) is 7.37. The molecule has 6 rings (SSSR count). The fraction of sp³-hybridized carbons (Fsp3) is 0.417. The van der Waals surface area contributed by atoms with Crippen LogP contribution in [0.2, 0.25) is 0 Å². The number of carbonyl (C=O) groups excluding carboxylic acids is 1. The molecule has 0 aliphatic heterocycles. The highest BCUT2D eigenvalue weighted by Crippen LogP contribution is 2.53. The number of hydrogen-bond acceptors (Lipinski definition) is 9. The number of nitrogens with one attached hydrogen (secondary N) is 2. The van der Waals surface area contributed by atoms with Crippen molar-refractivity contribution >= 4 is 56.7 Å². The van der Waals surface area contributed by atoms with Gasteiger partial charge in [-0.3, -0.25) is 0 Å². The van der Waals surface area contributed by atoms with Crippen LogP contribution in [0.15, 0.2) is 27.0 Å². The number of carbonyl (C=O) groups is 1. The summed E-state index contributed by atoms with van der Waals surface area (Å²) in [4.78, 5) is 29.6. The quantitative estimate of drug-likeness (QED) is 0.246. The molecule has 0 spiro atoms. The van der Waals surface area contributed by atoms with E-state index in [0.29, 0.717) is 39.3 Å². The standard InChI is InChI=1S/C24H25FN6O2S2/c1-3-33-22(32)17-9-34-24(28-17)35-23-30-20(13-5-11-4-10(13)6-15(11)26)18-14-7-12(25)8-16(27-2)19(14)29-21(18)31-23/h7-11,13,15,27H,3-6,26H2,1-2H3,(H,29,30,31)/t10-,11-,13?,15-/m1/s1. The molecule has 0 saturated heterocycles. The van der Waals surface area contributed by atoms with Crippen molar-refractivity contribution in [2.24, 2.45) is 17.6 Å². The number of rotatable bonds is 6. The van der Waals surface area contributed by atoms with Crippen LogP contribution in [0.3, 0.4) is 0 Å². The van der Waals surface area contributed by atoms with Gasteiger partial charge in [0.2, 0.25) is 0 Å². The summed E-state index contributed by atoms with van der Waals surface area (Å²) < 4.78 is 20.2. The van der Waals surface area contributed by atoms with Gasteiger partial charge in [-0.05, 0) is 61.9 Å². The van der Waals surface area contributed by atoms with Gasteiger partial charge in [0.25, 0.3) is 0 Å². The molecule has 1 unspecified atom stereocenters. The summed E-state index contributed by atoms with van der Waals surface area (Å²) in [6, 6.07) is 3.28. The zero-order valence-electron chi connectivity index (χ0n) is 19.3. The third-order valence-electron chi connectivity index (χ3n) is 7.21. The van der Waals surface area contributed by atoms with Gasteiger partial charge < -0.3 is 20.8 Å². The van der Waals surface area contributed by atoms with E-state index in [1.165, 1.54) is 29.2 Å². The van der Waals surface area contributed by atoms with E-state index >= 15 is 0 Å². The Hall–Kier alpha value is -2.76. The highest BCUT2D eigenvalue weighted by molar-refractivity contribution is 8.00. The van der Waals surface area contributed by atoms with Crippen LogP contribution in [0.25, 0.3) is 21.9 Å². The molecule has 2 aliphatic carbocycles. The molecule has 2 bridgehead atoms. The first-order valence-corrected chi connectivity index (χ1v) is 13.4. The van der Waals surface area contributed by atoms with Crippen molar-refractivity contribution < 1.29 is 13.9 Å². The first kappa shape index (κ1) is 22.7. The molecule has 3 heterocycles. The lowest BCUT2D eigenvalue weighted by Gasteiger charge is -2.25. The van der Waals surface area contributed by atoms with Gasteiger partial charge in [0, 0.05) is 35.2 Å². The molecule has 0 amide bonds. The summed E-state index contributed by atoms with van der Waals surface area (Å²) in [7, 11) is 1.77. The largest absolute Gasteiger partial charge is 0.461 e. The zero-order valence-corrected chi connectivity index (χ0v) is 20.9. The van der Waals surface area contributed by atoms with E-state index < -0.39 is 5.97 Å². The lowest BCUT2D eigenvalue weighted by Crippen LogP contribution is -2.29. The molecule has 2 fully saturated rings. The number of benzene rings is 1. The Morgan fingerprint density at radius 1 is 1.29 bits per heavy atom. The number of aromatic nitrogens is 4. The van der Waals surface area contributed by atoms with Gasteiger partial charge in [-0.25, -0.2) is 24.1 Å². The lowest BCUT2D eigenvalue weighted by molar-refractivity contribution is 0.0520. The van der Waals surface area contributed by atoms with Crippen LogP contribution in [-0.2, 0) is 4.74 Å². The Bertz CT molecular complexity index is 1450. The number of hydrogen-bond donors (Lipinski definition) is 3. The molecule has 35 heavy (non-hydrogen) atoms. The molecule has 2 aliphatic rings. The number of ether oxygens (including phenoxy) is 1. The molecule has 4 N–H and O–H groups in total. The van der Waals surface area contributed by atoms with Crippen molar-refractivity contribution in [3.63, 3.8) is 0 Å². The van der Waals surface area contributed by atoms with Gasteiger partial charge in [0.15, 0.2) is 15.2 Å². The second kappa shape index (κ2) is 8.72. The van der Waals surface area contributed by atoms with E-state index in [1.807, 2.05) is 0 Å². The minimum atomic E-state index is -0.441. The third-order valence-corrected chi connectivity index (χ3v) is 9.01. The number of anilines is 1. The van der Waals surface area contributed by atoms with E-state index in [0.717, 1.165) is 41.2 Å². The van der Waals surface area contributed by atoms with Gasteiger partial charge in [-0.15, -0.1) is 11.3 Å². The van der Waals surface area contributed by atoms with Gasteiger partial charge in [-0.1, -0.05) is 0 Å². The molecule has 182 valence electrons. The Morgan fingerprint density at radius 3 is 2.86 bits per heavy atom. The molecule has 0 radical (unpaired) electrons. The topological polar surface area (TPSA) is 119 Å². The first-order valence-electron chi connectivity index (χ1n) is 11.7. The van der Waals surface area contributed by atoms with Gasteiger partial charge in [0.1, 0.15) is 11.5 Å². The smallest absolute Gasteiger partial charge is 0.357 e. The van der Waals surface area contributed by atoms with Crippen molar-refractivity contribution in [3.05, 3.63) is 34.7 Å². The summed E-state index contributed by atoms with van der Waals surface area (Å²) in [6.45, 7) is 2.06. The number of halogens is 1. The highest BCUT2D eigenvalue weighted by atomic mass is 32.2. The molecular weight excluding hydrogens is 487 g/mol. The van der Waals surface area contributed by atoms with Crippen LogP contribution in [0.4, 0.5) is 10.1 Å². The van der Waals surface area contributed by atoms with Crippen molar-refractivity contribution in [3.8, 4) is 0 Å². The highest BCUT2D eigenvalue weighted by Gasteiger charge is 2.46. The Kier molecular flexibility index (Phi) is 5.65. The monoisotopic (exact) mass is 512 g/mol. The summed E-state index contributed by atoms with van der Waals surface area (Å²) >= 11 is 2.67. The second-order valence-electron chi connectivity index (χ2n) is 9.18. The summed E-state index contributed by atoms with van der Waals surface area (Å²) in [6.07, 6.45) is 3.07. The van der Waals surface area contributed by atoms with E-state index in [4.69, 9.17) is 20.4 Å². The minimum Gasteiger partial charge on any atom is -0.461 e. The second-order valence-corrected chi connectivity index (χ2v) is 11.3. The molecule has 4 atom stereocenters. The molecule has 1 aromatic carbocycles. The predicted molar refractivity (Wildman–Crippen MR) is 135 cm³/mol. The molecule has 11 heteroatoms. The van der Waals surface area contributed by atoms with Gasteiger partial charge in [0.05, 0.1) is 23.5 Å². The maximum absolute atomic E-state index is 14.5. The van der Waals surface area contributed by atoms with Crippen LogP contribution >= 0.6 is 23.1 Å². The van der Waals surface area contributed by atoms with Gasteiger partial charge in [-0.2, -0.15) is 0 Å². The summed E-state index contributed by atoms with van der Waals surface area (Å²) in [5, 5.41) is 6.96. The van der Waals surface area contributed by atoms with E-state index in [9.17, 15) is 9.18 Å². The maximum Gasteiger partial charge on any atom is 0.357 e. The molecule has 3 aromatic heterocycles. The molecule has 4 aromatic rings. The number of aromatic amines is 1. The average Bonchev–Trinajstić information content (AvgIpc) is 3.61. The zero-order chi connectivity index (χ0) is 24.3. The van der Waals surface area contributed by atoms with E-state index in [-0.39, 0.29) is 23.5 Å². The number of nitrogens with zero attached hydrogens (tertiary/aromatic N) is 3. The number of fused-ring (bicyclic) bond motifs is 5. The maximum atomic E-state index is 14.5. The SMILES string of the molecule is CCOC(=O)c1csc(Sc2nc(C3C[C@H]4C[C@@H]3C[C@H]4N)c3c(n2)[nH]c2c(NC)cc(F)cc23)n1. The van der Waals surface area contributed by atoms with E-state index in [1.54, 1.807) is 25.4 Å². The Balaban J connectivity index is 1.47. The number of thiazole rings is 1. The van der Waals surface area contributed by atoms with Gasteiger partial charge >= 0.3 is 5.97 Å². The Morgan fingerprint density at radius 2 is 2.14 bits per heavy atom. The van der Waals surface area contributed by atoms with Crippen LogP contribution in [0.5, 0.6) is 0 Å². The average molecular weight is 513 g/mol. The lowest BCUT2D eigenvalue weighted by atomic mass is 9.83. The van der Waals surface area contributed by atoms with Crippen LogP contribution in [-0.4, -0.2) is 45.6 Å². The number of esters is 1. The molecule has 2 saturated carbocycles. The predicted octanol–water partition coefficient (Wildman–Crippen LogP) is 4.92. The van der Waals surface area contributed by atoms with Crippen molar-refractivity contribution in [1.82, 2.24) is 19.9 Å². The van der Waals surface area contributed by atoms with E-state index in [2.05, 4.69) is 15.3 Å². The molecular formula is C24H25FN6O2S2. The number of H-pyrrole nitrogens is 1. The van der Waals surface area contributed by atoms with Crippen molar-refractivity contribution in [2.45, 2.75) is 47.6 Å². The van der Waals surface area contributed by atoms with Crippen LogP contribution in [0, 0.1) is 17.7 Å². The van der Waals surface area contributed by atoms with Crippen molar-refractivity contribution in [1.29, 1.82) is 0 Å². The first-order chi connectivity index (χ1) is 16.9. The van der Waals surface area contributed by atoms with Crippen LogP contribution < -0.4 is 11.1 Å². The minimum absolute atomic E-state index is 0.246. The normalized spacial score (nSPS) is 23.4. The third kappa shape index (κ3) is 3.85. The van der Waals surface area contributed by atoms with Crippen molar-refractivity contribution in [2.75, 3.05) is 19.0 Å². The summed E-state index contributed by atoms with van der Waals surface area (Å²) in [5.74, 6) is 0.450. The number of nitrogens with two attached hydrogens (primary N) is 1. The molecule has 8 nitrogen and oxygen atoms in total. The Labute approximate surface area is 209 Å².